The maximum atomic E-state index is 12.2. The van der Waals surface area contributed by atoms with Gasteiger partial charge < -0.3 is 23.7 Å². The monoisotopic (exact) mass is 283 g/mol. The summed E-state index contributed by atoms with van der Waals surface area (Å²) in [6.45, 7) is -0.112. The normalized spacial score (nSPS) is 12.5. The number of amidine groups is 1. The second-order valence-electron chi connectivity index (χ2n) is 2.74. The van der Waals surface area contributed by atoms with Crippen molar-refractivity contribution in [2.75, 3.05) is 0 Å². The van der Waals surface area contributed by atoms with Crippen molar-refractivity contribution in [3.8, 4) is 0 Å². The van der Waals surface area contributed by atoms with E-state index >= 15 is 0 Å². The first kappa shape index (κ1) is 13.6. The van der Waals surface area contributed by atoms with Gasteiger partial charge in [0.25, 0.3) is 0 Å². The quantitative estimate of drug-likeness (QED) is 0.486. The van der Waals surface area contributed by atoms with Crippen LogP contribution in [0.15, 0.2) is 11.2 Å². The Hall–Kier alpha value is -1.42. The van der Waals surface area contributed by atoms with Crippen LogP contribution in [0, 0.1) is 0 Å². The highest BCUT2D eigenvalue weighted by Crippen LogP contribution is 2.32. The van der Waals surface area contributed by atoms with E-state index in [1.807, 2.05) is 0 Å². The number of urea groups is 1. The van der Waals surface area contributed by atoms with Crippen LogP contribution in [0.1, 0.15) is 9.88 Å². The summed E-state index contributed by atoms with van der Waals surface area (Å²) < 4.78 is 36.5. The molecule has 1 aromatic heterocycles. The number of amides is 2. The number of carbonyl (C=O) groups excluding carboxylic acids is 1. The van der Waals surface area contributed by atoms with Crippen LogP contribution in [-0.2, 0) is 25.3 Å². The van der Waals surface area contributed by atoms with Crippen molar-refractivity contribution in [1.29, 1.82) is 0 Å². The Kier molecular flexibility index (Phi) is 4.23. The number of aliphatic imine (C=N–C) groups is 1. The van der Waals surface area contributed by atoms with Crippen molar-refractivity contribution in [2.24, 2.45) is 10.7 Å². The van der Waals surface area contributed by atoms with E-state index in [4.69, 9.17) is 5.73 Å². The SMILES string of the molecule is N/C([S-])=N/C(=O)NCc1cnc(C(F)(F)F)s1. The molecular formula is C7H6F3N4OS2-. The molecule has 1 rings (SSSR count). The molecule has 3 N–H and O–H groups in total. The van der Waals surface area contributed by atoms with Gasteiger partial charge in [-0.1, -0.05) is 0 Å². The minimum atomic E-state index is -4.48. The fourth-order valence-corrected chi connectivity index (χ4v) is 1.62. The molecule has 0 aromatic carbocycles. The predicted molar refractivity (Wildman–Crippen MR) is 58.3 cm³/mol. The van der Waals surface area contributed by atoms with Crippen molar-refractivity contribution >= 4 is 35.2 Å². The fourth-order valence-electron chi connectivity index (χ4n) is 0.823. The number of halogens is 3. The third-order valence-corrected chi connectivity index (χ3v) is 2.56. The zero-order valence-electron chi connectivity index (χ0n) is 8.11. The van der Waals surface area contributed by atoms with Crippen molar-refractivity contribution in [2.45, 2.75) is 12.7 Å². The third kappa shape index (κ3) is 4.53. The van der Waals surface area contributed by atoms with E-state index in [1.54, 1.807) is 0 Å². The zero-order chi connectivity index (χ0) is 13.1. The van der Waals surface area contributed by atoms with Crippen LogP contribution in [-0.4, -0.2) is 16.2 Å². The van der Waals surface area contributed by atoms with Gasteiger partial charge in [-0.2, -0.15) is 13.2 Å². The van der Waals surface area contributed by atoms with Crippen LogP contribution in [0.5, 0.6) is 0 Å². The van der Waals surface area contributed by atoms with Gasteiger partial charge in [-0.25, -0.2) is 14.8 Å². The van der Waals surface area contributed by atoms with Crippen LogP contribution < -0.4 is 11.1 Å². The van der Waals surface area contributed by atoms with Gasteiger partial charge in [0.15, 0.2) is 5.01 Å². The van der Waals surface area contributed by atoms with E-state index in [2.05, 4.69) is 27.9 Å². The minimum absolute atomic E-state index is 0.112. The molecule has 1 heterocycles. The summed E-state index contributed by atoms with van der Waals surface area (Å²) >= 11 is 4.79. The Bertz CT molecular complexity index is 439. The standard InChI is InChI=1S/C7H7F3N4OS2/c8-7(9,10)4-12-1-3(17-4)2-13-6(15)14-5(11)16/h1H,2H2,(H4,11,13,14,15,16)/p-1. The van der Waals surface area contributed by atoms with Gasteiger partial charge in [-0.15, -0.1) is 11.3 Å². The van der Waals surface area contributed by atoms with Crippen LogP contribution >= 0.6 is 11.3 Å². The van der Waals surface area contributed by atoms with Crippen molar-refractivity contribution in [1.82, 2.24) is 10.3 Å². The van der Waals surface area contributed by atoms with E-state index in [-0.39, 0.29) is 16.6 Å². The number of alkyl halides is 3. The lowest BCUT2D eigenvalue weighted by atomic mass is 10.5. The lowest BCUT2D eigenvalue weighted by molar-refractivity contribution is -0.137. The van der Waals surface area contributed by atoms with E-state index in [9.17, 15) is 18.0 Å². The van der Waals surface area contributed by atoms with Gasteiger partial charge in [-0.05, 0) is 5.17 Å². The first-order valence-corrected chi connectivity index (χ1v) is 5.32. The molecule has 0 saturated heterocycles. The smallest absolute Gasteiger partial charge is 0.443 e. The summed E-state index contributed by atoms with van der Waals surface area (Å²) in [5.74, 6) is 0. The molecule has 0 aliphatic rings. The maximum absolute atomic E-state index is 12.2. The zero-order valence-corrected chi connectivity index (χ0v) is 9.75. The molecule has 0 radical (unpaired) electrons. The summed E-state index contributed by atoms with van der Waals surface area (Å²) in [5.41, 5.74) is 4.97. The summed E-state index contributed by atoms with van der Waals surface area (Å²) in [6.07, 6.45) is -3.44. The molecule has 10 heteroatoms. The summed E-state index contributed by atoms with van der Waals surface area (Å²) in [4.78, 5) is 17.6. The largest absolute Gasteiger partial charge is 0.743 e. The third-order valence-electron chi connectivity index (χ3n) is 1.42. The molecule has 0 saturated carbocycles. The van der Waals surface area contributed by atoms with Crippen molar-refractivity contribution < 1.29 is 18.0 Å². The summed E-state index contributed by atoms with van der Waals surface area (Å²) in [6, 6.07) is -0.806. The summed E-state index contributed by atoms with van der Waals surface area (Å²) in [5, 5.41) is 0.916. The van der Waals surface area contributed by atoms with E-state index in [0.717, 1.165) is 6.20 Å². The van der Waals surface area contributed by atoms with E-state index in [0.29, 0.717) is 11.3 Å². The van der Waals surface area contributed by atoms with E-state index in [1.165, 1.54) is 0 Å². The lowest BCUT2D eigenvalue weighted by Crippen LogP contribution is -2.21. The van der Waals surface area contributed by atoms with E-state index < -0.39 is 17.2 Å². The minimum Gasteiger partial charge on any atom is -0.743 e. The Morgan fingerprint density at radius 1 is 1.65 bits per heavy atom. The van der Waals surface area contributed by atoms with Crippen molar-refractivity contribution in [3.05, 3.63) is 16.1 Å². The fraction of sp³-hybridized carbons (Fsp3) is 0.286. The van der Waals surface area contributed by atoms with Gasteiger partial charge in [0, 0.05) is 11.1 Å². The summed E-state index contributed by atoms with van der Waals surface area (Å²) in [7, 11) is 0. The molecule has 0 spiro atoms. The molecule has 17 heavy (non-hydrogen) atoms. The number of nitrogens with zero attached hydrogens (tertiary/aromatic N) is 2. The predicted octanol–water partition coefficient (Wildman–Crippen LogP) is 1.23. The molecule has 0 atom stereocenters. The molecule has 94 valence electrons. The molecule has 0 bridgehead atoms. The first-order chi connectivity index (χ1) is 7.79. The Balaban J connectivity index is 2.57. The van der Waals surface area contributed by atoms with Crippen molar-refractivity contribution in [3.63, 3.8) is 0 Å². The number of nitrogens with one attached hydrogen (secondary N) is 1. The van der Waals surface area contributed by atoms with Gasteiger partial charge in [0.1, 0.15) is 0 Å². The average Bonchev–Trinajstić information content (AvgIpc) is 2.61. The Labute approximate surface area is 103 Å². The molecule has 0 aliphatic heterocycles. The highest BCUT2D eigenvalue weighted by Gasteiger charge is 2.34. The van der Waals surface area contributed by atoms with Crippen LogP contribution in [0.4, 0.5) is 18.0 Å². The van der Waals surface area contributed by atoms with Gasteiger partial charge in [0.2, 0.25) is 0 Å². The van der Waals surface area contributed by atoms with Gasteiger partial charge in [0.05, 0.1) is 6.54 Å². The van der Waals surface area contributed by atoms with Gasteiger partial charge >= 0.3 is 12.2 Å². The number of thiazole rings is 1. The van der Waals surface area contributed by atoms with Crippen LogP contribution in [0.25, 0.3) is 0 Å². The maximum Gasteiger partial charge on any atom is 0.443 e. The number of hydrogen-bond acceptors (Lipinski definition) is 4. The lowest BCUT2D eigenvalue weighted by Gasteiger charge is -2.03. The molecule has 1 aromatic rings. The first-order valence-electron chi connectivity index (χ1n) is 4.10. The highest BCUT2D eigenvalue weighted by atomic mass is 32.1. The Morgan fingerprint density at radius 3 is 2.76 bits per heavy atom. The van der Waals surface area contributed by atoms with Gasteiger partial charge in [-0.3, -0.25) is 0 Å². The molecule has 0 fully saturated rings. The number of aromatic nitrogens is 1. The number of hydrogen-bond donors (Lipinski definition) is 2. The molecule has 0 aliphatic carbocycles. The second kappa shape index (κ2) is 5.27. The number of rotatable bonds is 2. The highest BCUT2D eigenvalue weighted by molar-refractivity contribution is 7.77. The average molecular weight is 283 g/mol. The Morgan fingerprint density at radius 2 is 2.29 bits per heavy atom. The number of carbonyl (C=O) groups is 1. The molecule has 5 nitrogen and oxygen atoms in total. The topological polar surface area (TPSA) is 80.4 Å². The second-order valence-corrected chi connectivity index (χ2v) is 4.27. The van der Waals surface area contributed by atoms with Crippen LogP contribution in [0.3, 0.4) is 0 Å². The number of nitrogens with two attached hydrogens (primary N) is 1. The molecule has 0 unspecified atom stereocenters. The molecule has 2 amide bonds. The molecular weight excluding hydrogens is 277 g/mol. The van der Waals surface area contributed by atoms with Crippen LogP contribution in [0.2, 0.25) is 0 Å².